The lowest BCUT2D eigenvalue weighted by molar-refractivity contribution is -0.119. The molecule has 0 spiro atoms. The molecule has 0 bridgehead atoms. The van der Waals surface area contributed by atoms with Gasteiger partial charge in [0.25, 0.3) is 0 Å². The number of nitrogens with zero attached hydrogens (tertiary/aromatic N) is 4. The molecule has 1 heterocycles. The third-order valence-electron chi connectivity index (χ3n) is 3.73. The van der Waals surface area contributed by atoms with Crippen LogP contribution in [0.5, 0.6) is 0 Å². The van der Waals surface area contributed by atoms with Gasteiger partial charge in [0.2, 0.25) is 17.6 Å². The first-order valence-corrected chi connectivity index (χ1v) is 8.55. The van der Waals surface area contributed by atoms with E-state index < -0.39 is 0 Å². The Kier molecular flexibility index (Phi) is 5.55. The van der Waals surface area contributed by atoms with Crippen molar-refractivity contribution in [3.8, 4) is 11.4 Å². The van der Waals surface area contributed by atoms with Crippen LogP contribution in [0.1, 0.15) is 13.8 Å². The molecule has 2 aromatic carbocycles. The molecular weight excluding hydrogens is 344 g/mol. The molecule has 27 heavy (non-hydrogen) atoms. The van der Waals surface area contributed by atoms with Gasteiger partial charge in [-0.3, -0.25) is 9.59 Å². The fourth-order valence-corrected chi connectivity index (χ4v) is 2.27. The van der Waals surface area contributed by atoms with E-state index >= 15 is 0 Å². The minimum Gasteiger partial charge on any atom is -0.326 e. The molecule has 2 N–H and O–H groups in total. The zero-order valence-corrected chi connectivity index (χ0v) is 15.1. The van der Waals surface area contributed by atoms with E-state index in [2.05, 4.69) is 26.0 Å². The summed E-state index contributed by atoms with van der Waals surface area (Å²) in [5, 5.41) is 17.6. The lowest BCUT2D eigenvalue weighted by Gasteiger charge is -2.09. The first-order valence-electron chi connectivity index (χ1n) is 8.55. The van der Waals surface area contributed by atoms with Crippen molar-refractivity contribution >= 4 is 23.2 Å². The van der Waals surface area contributed by atoms with Crippen molar-refractivity contribution in [2.45, 2.75) is 20.4 Å². The Labute approximate surface area is 156 Å². The number of tetrazole rings is 1. The van der Waals surface area contributed by atoms with Gasteiger partial charge in [-0.25, -0.2) is 0 Å². The predicted octanol–water partition coefficient (Wildman–Crippen LogP) is 2.57. The summed E-state index contributed by atoms with van der Waals surface area (Å²) in [4.78, 5) is 25.1. The van der Waals surface area contributed by atoms with Gasteiger partial charge in [0.1, 0.15) is 6.54 Å². The highest BCUT2D eigenvalue weighted by molar-refractivity contribution is 5.93. The molecule has 0 fully saturated rings. The number of rotatable bonds is 6. The van der Waals surface area contributed by atoms with Crippen LogP contribution in [0, 0.1) is 5.92 Å². The monoisotopic (exact) mass is 364 g/mol. The Hall–Kier alpha value is -3.55. The van der Waals surface area contributed by atoms with E-state index in [-0.39, 0.29) is 24.3 Å². The molecule has 8 nitrogen and oxygen atoms in total. The molecule has 1 aromatic heterocycles. The molecule has 2 amide bonds. The predicted molar refractivity (Wildman–Crippen MR) is 102 cm³/mol. The fraction of sp³-hybridized carbons (Fsp3) is 0.211. The molecule has 0 saturated carbocycles. The van der Waals surface area contributed by atoms with Gasteiger partial charge in [0.15, 0.2) is 0 Å². The highest BCUT2D eigenvalue weighted by atomic mass is 16.2. The second-order valence-corrected chi connectivity index (χ2v) is 6.28. The van der Waals surface area contributed by atoms with Crippen molar-refractivity contribution in [2.75, 3.05) is 10.6 Å². The number of carbonyl (C=O) groups excluding carboxylic acids is 2. The van der Waals surface area contributed by atoms with Crippen LogP contribution in [-0.2, 0) is 16.1 Å². The minimum atomic E-state index is -0.272. The molecule has 0 unspecified atom stereocenters. The largest absolute Gasteiger partial charge is 0.326 e. The molecule has 8 heteroatoms. The van der Waals surface area contributed by atoms with Gasteiger partial charge in [0, 0.05) is 22.9 Å². The summed E-state index contributed by atoms with van der Waals surface area (Å²) >= 11 is 0. The van der Waals surface area contributed by atoms with Crippen molar-refractivity contribution in [3.63, 3.8) is 0 Å². The number of benzene rings is 2. The number of hydrogen-bond acceptors (Lipinski definition) is 5. The second kappa shape index (κ2) is 8.22. The first-order chi connectivity index (χ1) is 13.0. The second-order valence-electron chi connectivity index (χ2n) is 6.28. The molecule has 0 saturated heterocycles. The van der Waals surface area contributed by atoms with Crippen LogP contribution < -0.4 is 10.6 Å². The van der Waals surface area contributed by atoms with Crippen LogP contribution in [-0.4, -0.2) is 32.0 Å². The van der Waals surface area contributed by atoms with Crippen molar-refractivity contribution in [3.05, 3.63) is 54.6 Å². The average Bonchev–Trinajstić information content (AvgIpc) is 3.12. The highest BCUT2D eigenvalue weighted by Gasteiger charge is 2.10. The Bertz CT molecular complexity index is 919. The molecular formula is C19H20N6O2. The third kappa shape index (κ3) is 4.97. The number of hydrogen-bond donors (Lipinski definition) is 2. The fourth-order valence-electron chi connectivity index (χ4n) is 2.27. The Morgan fingerprint density at radius 2 is 1.59 bits per heavy atom. The lowest BCUT2D eigenvalue weighted by atomic mass is 10.2. The van der Waals surface area contributed by atoms with Crippen molar-refractivity contribution < 1.29 is 9.59 Å². The zero-order valence-electron chi connectivity index (χ0n) is 15.1. The molecule has 3 aromatic rings. The van der Waals surface area contributed by atoms with Gasteiger partial charge < -0.3 is 10.6 Å². The summed E-state index contributed by atoms with van der Waals surface area (Å²) in [5.41, 5.74) is 2.13. The van der Waals surface area contributed by atoms with Crippen LogP contribution >= 0.6 is 0 Å². The molecule has 0 atom stereocenters. The summed E-state index contributed by atoms with van der Waals surface area (Å²) in [5.74, 6) is 0.0400. The van der Waals surface area contributed by atoms with E-state index in [0.29, 0.717) is 17.2 Å². The average molecular weight is 364 g/mol. The standard InChI is InChI=1S/C19H20N6O2/c1-13(2)19(27)21-16-10-8-15(9-11-16)20-17(26)12-25-23-18(22-24-25)14-6-4-3-5-7-14/h3-11,13H,12H2,1-2H3,(H,20,26)(H,21,27). The van der Waals surface area contributed by atoms with Gasteiger partial charge in [-0.2, -0.15) is 4.80 Å². The highest BCUT2D eigenvalue weighted by Crippen LogP contribution is 2.15. The molecule has 0 radical (unpaired) electrons. The van der Waals surface area contributed by atoms with Crippen molar-refractivity contribution in [1.29, 1.82) is 0 Å². The zero-order chi connectivity index (χ0) is 19.2. The summed E-state index contributed by atoms with van der Waals surface area (Å²) in [6.07, 6.45) is 0. The number of anilines is 2. The minimum absolute atomic E-state index is 0.0499. The molecule has 3 rings (SSSR count). The molecule has 0 aliphatic rings. The number of amides is 2. The number of nitrogens with one attached hydrogen (secondary N) is 2. The first kappa shape index (κ1) is 18.2. The Morgan fingerprint density at radius 1 is 0.963 bits per heavy atom. The van der Waals surface area contributed by atoms with Crippen LogP contribution in [0.25, 0.3) is 11.4 Å². The van der Waals surface area contributed by atoms with E-state index in [1.807, 2.05) is 44.2 Å². The van der Waals surface area contributed by atoms with Gasteiger partial charge in [0.05, 0.1) is 0 Å². The third-order valence-corrected chi connectivity index (χ3v) is 3.73. The summed E-state index contributed by atoms with van der Waals surface area (Å²) < 4.78 is 0. The topological polar surface area (TPSA) is 102 Å². The SMILES string of the molecule is CC(C)C(=O)Nc1ccc(NC(=O)Cn2nnc(-c3ccccc3)n2)cc1. The van der Waals surface area contributed by atoms with Crippen LogP contribution in [0.3, 0.4) is 0 Å². The quantitative estimate of drug-likeness (QED) is 0.700. The molecule has 0 aliphatic carbocycles. The number of aromatic nitrogens is 4. The van der Waals surface area contributed by atoms with E-state index in [1.165, 1.54) is 4.80 Å². The lowest BCUT2D eigenvalue weighted by Crippen LogP contribution is -2.20. The van der Waals surface area contributed by atoms with E-state index in [1.54, 1.807) is 24.3 Å². The summed E-state index contributed by atoms with van der Waals surface area (Å²) in [6, 6.07) is 16.3. The molecule has 138 valence electrons. The van der Waals surface area contributed by atoms with Gasteiger partial charge in [-0.05, 0) is 29.5 Å². The van der Waals surface area contributed by atoms with Crippen molar-refractivity contribution in [1.82, 2.24) is 20.2 Å². The maximum Gasteiger partial charge on any atom is 0.248 e. The van der Waals surface area contributed by atoms with Crippen LogP contribution in [0.2, 0.25) is 0 Å². The Morgan fingerprint density at radius 3 is 2.22 bits per heavy atom. The maximum absolute atomic E-state index is 12.2. The molecule has 0 aliphatic heterocycles. The summed E-state index contributed by atoms with van der Waals surface area (Å²) in [6.45, 7) is 3.60. The van der Waals surface area contributed by atoms with Crippen LogP contribution in [0.15, 0.2) is 54.6 Å². The van der Waals surface area contributed by atoms with E-state index in [4.69, 9.17) is 0 Å². The maximum atomic E-state index is 12.2. The van der Waals surface area contributed by atoms with Crippen LogP contribution in [0.4, 0.5) is 11.4 Å². The van der Waals surface area contributed by atoms with Gasteiger partial charge >= 0.3 is 0 Å². The van der Waals surface area contributed by atoms with Gasteiger partial charge in [-0.15, -0.1) is 10.2 Å². The number of carbonyl (C=O) groups is 2. The normalized spacial score (nSPS) is 10.6. The van der Waals surface area contributed by atoms with E-state index in [0.717, 1.165) is 5.56 Å². The smallest absolute Gasteiger partial charge is 0.248 e. The van der Waals surface area contributed by atoms with E-state index in [9.17, 15) is 9.59 Å². The Balaban J connectivity index is 1.56. The summed E-state index contributed by atoms with van der Waals surface area (Å²) in [7, 11) is 0. The van der Waals surface area contributed by atoms with Crippen molar-refractivity contribution in [2.24, 2.45) is 5.92 Å². The van der Waals surface area contributed by atoms with Gasteiger partial charge in [-0.1, -0.05) is 44.2 Å².